The molecule has 1 N–H and O–H groups in total. The highest BCUT2D eigenvalue weighted by Crippen LogP contribution is 2.17. The van der Waals surface area contributed by atoms with Gasteiger partial charge in [-0.15, -0.1) is 0 Å². The van der Waals surface area contributed by atoms with Gasteiger partial charge in [0.2, 0.25) is 5.91 Å². The van der Waals surface area contributed by atoms with E-state index >= 15 is 0 Å². The van der Waals surface area contributed by atoms with Gasteiger partial charge in [-0.25, -0.2) is 0 Å². The molecule has 0 saturated heterocycles. The van der Waals surface area contributed by atoms with Crippen LogP contribution in [0.25, 0.3) is 0 Å². The molecule has 2 rings (SSSR count). The molecule has 0 radical (unpaired) electrons. The molecule has 1 aromatic carbocycles. The van der Waals surface area contributed by atoms with Crippen LogP contribution in [0.1, 0.15) is 36.8 Å². The summed E-state index contributed by atoms with van der Waals surface area (Å²) in [5, 5.41) is 3.37. The van der Waals surface area contributed by atoms with Crippen molar-refractivity contribution in [3.05, 3.63) is 35.4 Å². The number of nitrogens with one attached hydrogen (secondary N) is 1. The Morgan fingerprint density at radius 1 is 1.32 bits per heavy atom. The van der Waals surface area contributed by atoms with Crippen molar-refractivity contribution in [1.29, 1.82) is 0 Å². The normalized spacial score (nSPS) is 15.7. The van der Waals surface area contributed by atoms with Crippen LogP contribution in [-0.4, -0.2) is 30.4 Å². The van der Waals surface area contributed by atoms with E-state index in [9.17, 15) is 4.79 Å². The summed E-state index contributed by atoms with van der Waals surface area (Å²) in [5.41, 5.74) is 2.46. The van der Waals surface area contributed by atoms with Crippen LogP contribution >= 0.6 is 0 Å². The van der Waals surface area contributed by atoms with Gasteiger partial charge in [-0.1, -0.05) is 37.1 Å². The Labute approximate surface area is 116 Å². The number of amides is 1. The van der Waals surface area contributed by atoms with Crippen LogP contribution in [0.15, 0.2) is 24.3 Å². The summed E-state index contributed by atoms with van der Waals surface area (Å²) >= 11 is 0. The first-order valence-electron chi connectivity index (χ1n) is 7.18. The number of hydrogen-bond donors (Lipinski definition) is 1. The molecule has 0 atom stereocenters. The lowest BCUT2D eigenvalue weighted by molar-refractivity contribution is -0.129. The maximum Gasteiger partial charge on any atom is 0.236 e. The fourth-order valence-electron chi connectivity index (χ4n) is 2.63. The lowest BCUT2D eigenvalue weighted by Crippen LogP contribution is -2.38. The quantitative estimate of drug-likeness (QED) is 0.882. The van der Waals surface area contributed by atoms with E-state index in [1.807, 2.05) is 24.1 Å². The lowest BCUT2D eigenvalue weighted by atomic mass is 10.1. The topological polar surface area (TPSA) is 32.3 Å². The molecule has 1 aliphatic rings. The van der Waals surface area contributed by atoms with Crippen LogP contribution in [0.4, 0.5) is 0 Å². The van der Waals surface area contributed by atoms with Crippen LogP contribution in [0.5, 0.6) is 0 Å². The van der Waals surface area contributed by atoms with Crippen molar-refractivity contribution in [3.8, 4) is 0 Å². The number of rotatable bonds is 5. The van der Waals surface area contributed by atoms with Crippen molar-refractivity contribution in [2.24, 2.45) is 0 Å². The zero-order chi connectivity index (χ0) is 13.7. The van der Waals surface area contributed by atoms with Crippen LogP contribution in [-0.2, 0) is 11.3 Å². The summed E-state index contributed by atoms with van der Waals surface area (Å²) in [7, 11) is 1.88. The SMILES string of the molecule is Cc1ccccc1CN(C)C(=O)CNC1CCCC1. The first kappa shape index (κ1) is 14.1. The Bertz CT molecular complexity index is 425. The standard InChI is InChI=1S/C16H24N2O/c1-13-7-3-4-8-14(13)12-18(2)16(19)11-17-15-9-5-6-10-15/h3-4,7-8,15,17H,5-6,9-12H2,1-2H3. The number of nitrogens with zero attached hydrogens (tertiary/aromatic N) is 1. The Balaban J connectivity index is 1.80. The average molecular weight is 260 g/mol. The summed E-state index contributed by atoms with van der Waals surface area (Å²) < 4.78 is 0. The van der Waals surface area contributed by atoms with Gasteiger partial charge >= 0.3 is 0 Å². The molecule has 1 aliphatic carbocycles. The zero-order valence-electron chi connectivity index (χ0n) is 12.0. The number of carbonyl (C=O) groups is 1. The summed E-state index contributed by atoms with van der Waals surface area (Å²) in [5.74, 6) is 0.176. The third kappa shape index (κ3) is 4.06. The molecule has 0 bridgehead atoms. The second-order valence-corrected chi connectivity index (χ2v) is 5.54. The van der Waals surface area contributed by atoms with Gasteiger partial charge in [0.05, 0.1) is 6.54 Å². The van der Waals surface area contributed by atoms with Gasteiger partial charge in [-0.05, 0) is 30.9 Å². The third-order valence-electron chi connectivity index (χ3n) is 3.99. The van der Waals surface area contributed by atoms with E-state index in [1.54, 1.807) is 0 Å². The van der Waals surface area contributed by atoms with Gasteiger partial charge in [0.15, 0.2) is 0 Å². The van der Waals surface area contributed by atoms with E-state index in [-0.39, 0.29) is 5.91 Å². The van der Waals surface area contributed by atoms with Crippen molar-refractivity contribution in [2.45, 2.75) is 45.2 Å². The fraction of sp³-hybridized carbons (Fsp3) is 0.562. The van der Waals surface area contributed by atoms with E-state index in [2.05, 4.69) is 24.4 Å². The van der Waals surface area contributed by atoms with Crippen LogP contribution in [0, 0.1) is 6.92 Å². The second kappa shape index (κ2) is 6.71. The van der Waals surface area contributed by atoms with Gasteiger partial charge in [0.25, 0.3) is 0 Å². The lowest BCUT2D eigenvalue weighted by Gasteiger charge is -2.20. The Kier molecular flexibility index (Phi) is 4.97. The smallest absolute Gasteiger partial charge is 0.236 e. The van der Waals surface area contributed by atoms with Gasteiger partial charge in [0.1, 0.15) is 0 Å². The van der Waals surface area contributed by atoms with Crippen molar-refractivity contribution in [3.63, 3.8) is 0 Å². The zero-order valence-corrected chi connectivity index (χ0v) is 12.0. The van der Waals surface area contributed by atoms with E-state index in [0.717, 1.165) is 0 Å². The predicted octanol–water partition coefficient (Wildman–Crippen LogP) is 2.49. The van der Waals surface area contributed by atoms with Gasteiger partial charge in [-0.2, -0.15) is 0 Å². The minimum absolute atomic E-state index is 0.176. The van der Waals surface area contributed by atoms with E-state index in [1.165, 1.54) is 36.8 Å². The Morgan fingerprint density at radius 3 is 2.68 bits per heavy atom. The molecule has 104 valence electrons. The van der Waals surface area contributed by atoms with Gasteiger partial charge in [0, 0.05) is 19.6 Å². The summed E-state index contributed by atoms with van der Waals surface area (Å²) in [4.78, 5) is 13.9. The molecular formula is C16H24N2O. The van der Waals surface area contributed by atoms with Crippen LogP contribution in [0.3, 0.4) is 0 Å². The number of likely N-dealkylation sites (N-methyl/N-ethyl adjacent to an activating group) is 1. The Morgan fingerprint density at radius 2 is 2.00 bits per heavy atom. The monoisotopic (exact) mass is 260 g/mol. The molecule has 1 saturated carbocycles. The van der Waals surface area contributed by atoms with Crippen LogP contribution < -0.4 is 5.32 Å². The molecule has 3 nitrogen and oxygen atoms in total. The summed E-state index contributed by atoms with van der Waals surface area (Å²) in [6.07, 6.45) is 5.03. The minimum Gasteiger partial charge on any atom is -0.340 e. The molecule has 0 aromatic heterocycles. The molecule has 19 heavy (non-hydrogen) atoms. The molecule has 0 heterocycles. The first-order chi connectivity index (χ1) is 9.16. The molecule has 0 spiro atoms. The third-order valence-corrected chi connectivity index (χ3v) is 3.99. The van der Waals surface area contributed by atoms with Gasteiger partial charge in [-0.3, -0.25) is 4.79 Å². The molecule has 0 unspecified atom stereocenters. The average Bonchev–Trinajstić information content (AvgIpc) is 2.91. The number of aryl methyl sites for hydroxylation is 1. The van der Waals surface area contributed by atoms with E-state index in [0.29, 0.717) is 19.1 Å². The van der Waals surface area contributed by atoms with Gasteiger partial charge < -0.3 is 10.2 Å². The fourth-order valence-corrected chi connectivity index (χ4v) is 2.63. The summed E-state index contributed by atoms with van der Waals surface area (Å²) in [6, 6.07) is 8.78. The number of benzene rings is 1. The van der Waals surface area contributed by atoms with Crippen molar-refractivity contribution >= 4 is 5.91 Å². The molecule has 3 heteroatoms. The van der Waals surface area contributed by atoms with Crippen molar-refractivity contribution < 1.29 is 4.79 Å². The van der Waals surface area contributed by atoms with Crippen molar-refractivity contribution in [1.82, 2.24) is 10.2 Å². The predicted molar refractivity (Wildman–Crippen MR) is 77.9 cm³/mol. The number of carbonyl (C=O) groups excluding carboxylic acids is 1. The summed E-state index contributed by atoms with van der Waals surface area (Å²) in [6.45, 7) is 3.25. The highest BCUT2D eigenvalue weighted by molar-refractivity contribution is 5.78. The highest BCUT2D eigenvalue weighted by atomic mass is 16.2. The highest BCUT2D eigenvalue weighted by Gasteiger charge is 2.16. The molecule has 1 amide bonds. The molecular weight excluding hydrogens is 236 g/mol. The largest absolute Gasteiger partial charge is 0.340 e. The molecule has 1 aromatic rings. The first-order valence-corrected chi connectivity index (χ1v) is 7.18. The Hall–Kier alpha value is -1.35. The molecule has 0 aliphatic heterocycles. The maximum absolute atomic E-state index is 12.1. The maximum atomic E-state index is 12.1. The van der Waals surface area contributed by atoms with Crippen molar-refractivity contribution in [2.75, 3.05) is 13.6 Å². The minimum atomic E-state index is 0.176. The van der Waals surface area contributed by atoms with E-state index < -0.39 is 0 Å². The molecule has 1 fully saturated rings. The second-order valence-electron chi connectivity index (χ2n) is 5.54. The van der Waals surface area contributed by atoms with E-state index in [4.69, 9.17) is 0 Å². The van der Waals surface area contributed by atoms with Crippen LogP contribution in [0.2, 0.25) is 0 Å². The number of hydrogen-bond acceptors (Lipinski definition) is 2.